The summed E-state index contributed by atoms with van der Waals surface area (Å²) in [6.45, 7) is 13.0. The molecule has 2 atom stereocenters. The van der Waals surface area contributed by atoms with Gasteiger partial charge in [0.25, 0.3) is 0 Å². The second-order valence-electron chi connectivity index (χ2n) is 5.37. The summed E-state index contributed by atoms with van der Waals surface area (Å²) >= 11 is 0. The van der Waals surface area contributed by atoms with Crippen molar-refractivity contribution in [2.75, 3.05) is 32.7 Å². The van der Waals surface area contributed by atoms with Crippen LogP contribution in [0.15, 0.2) is 25.3 Å². The van der Waals surface area contributed by atoms with Gasteiger partial charge in [-0.15, -0.1) is 25.6 Å². The summed E-state index contributed by atoms with van der Waals surface area (Å²) < 4.78 is 0. The third kappa shape index (κ3) is 6.07. The van der Waals surface area contributed by atoms with E-state index in [1.165, 1.54) is 6.42 Å². The minimum atomic E-state index is 0. The van der Waals surface area contributed by atoms with E-state index in [-0.39, 0.29) is 24.4 Å². The van der Waals surface area contributed by atoms with Gasteiger partial charge in [0.2, 0.25) is 5.91 Å². The maximum atomic E-state index is 12.2. The zero-order valence-electron chi connectivity index (χ0n) is 12.5. The van der Waals surface area contributed by atoms with Crippen LogP contribution in [0.25, 0.3) is 0 Å². The number of halogens is 1. The lowest BCUT2D eigenvalue weighted by atomic mass is 9.92. The van der Waals surface area contributed by atoms with Crippen molar-refractivity contribution in [1.29, 1.82) is 0 Å². The van der Waals surface area contributed by atoms with E-state index in [1.54, 1.807) is 17.1 Å². The summed E-state index contributed by atoms with van der Waals surface area (Å²) in [6.07, 6.45) is 5.80. The van der Waals surface area contributed by atoms with E-state index in [2.05, 4.69) is 25.0 Å². The largest absolute Gasteiger partial charge is 0.334 e. The Labute approximate surface area is 129 Å². The van der Waals surface area contributed by atoms with Crippen LogP contribution < -0.4 is 5.73 Å². The minimum Gasteiger partial charge on any atom is -0.334 e. The fourth-order valence-corrected chi connectivity index (χ4v) is 2.55. The molecule has 1 fully saturated rings. The van der Waals surface area contributed by atoms with Gasteiger partial charge in [-0.2, -0.15) is 0 Å². The van der Waals surface area contributed by atoms with Crippen LogP contribution in [0.1, 0.15) is 19.8 Å². The lowest BCUT2D eigenvalue weighted by Gasteiger charge is -2.35. The van der Waals surface area contributed by atoms with Gasteiger partial charge >= 0.3 is 0 Å². The normalized spacial score (nSPS) is 20.6. The van der Waals surface area contributed by atoms with E-state index in [1.807, 2.05) is 0 Å². The van der Waals surface area contributed by atoms with Crippen LogP contribution in [0.2, 0.25) is 0 Å². The van der Waals surface area contributed by atoms with E-state index in [9.17, 15) is 4.79 Å². The van der Waals surface area contributed by atoms with Gasteiger partial charge in [-0.05, 0) is 32.2 Å². The summed E-state index contributed by atoms with van der Waals surface area (Å²) in [5, 5.41) is 0. The number of carbonyl (C=O) groups is 1. The molecule has 0 spiro atoms. The van der Waals surface area contributed by atoms with Crippen LogP contribution in [0, 0.1) is 5.92 Å². The Balaban J connectivity index is 0.00000361. The van der Waals surface area contributed by atoms with Crippen LogP contribution in [-0.4, -0.2) is 54.5 Å². The summed E-state index contributed by atoms with van der Waals surface area (Å²) in [7, 11) is 0. The molecule has 0 aromatic carbocycles. The van der Waals surface area contributed by atoms with Crippen molar-refractivity contribution < 1.29 is 4.79 Å². The molecular weight excluding hydrogens is 274 g/mol. The topological polar surface area (TPSA) is 49.6 Å². The van der Waals surface area contributed by atoms with Crippen molar-refractivity contribution in [3.8, 4) is 0 Å². The van der Waals surface area contributed by atoms with E-state index in [0.717, 1.165) is 19.5 Å². The Kier molecular flexibility index (Phi) is 9.55. The standard InChI is InChI=1S/C15H27N3O.ClH/c1-4-8-18(9-5-2)15(19)12-17-10-6-7-14(11-17)13(3)16;/h4-5,13-14H,1-2,6-12,16H2,3H3;1H. The van der Waals surface area contributed by atoms with Crippen molar-refractivity contribution in [2.24, 2.45) is 11.7 Å². The number of nitrogens with two attached hydrogens (primary N) is 1. The predicted molar refractivity (Wildman–Crippen MR) is 87.0 cm³/mol. The van der Waals surface area contributed by atoms with E-state index < -0.39 is 0 Å². The number of piperidine rings is 1. The third-order valence-electron chi connectivity index (χ3n) is 3.70. The quantitative estimate of drug-likeness (QED) is 0.728. The van der Waals surface area contributed by atoms with Crippen LogP contribution in [0.4, 0.5) is 0 Å². The molecule has 2 N–H and O–H groups in total. The van der Waals surface area contributed by atoms with Gasteiger partial charge in [-0.25, -0.2) is 0 Å². The van der Waals surface area contributed by atoms with Gasteiger partial charge in [0, 0.05) is 25.7 Å². The molecule has 116 valence electrons. The molecule has 0 aliphatic carbocycles. The number of likely N-dealkylation sites (tertiary alicyclic amines) is 1. The first-order chi connectivity index (χ1) is 9.08. The molecule has 1 aliphatic heterocycles. The molecule has 1 saturated heterocycles. The number of amides is 1. The molecule has 20 heavy (non-hydrogen) atoms. The highest BCUT2D eigenvalue weighted by molar-refractivity contribution is 5.85. The molecule has 2 unspecified atom stereocenters. The monoisotopic (exact) mass is 301 g/mol. The zero-order chi connectivity index (χ0) is 14.3. The average Bonchev–Trinajstić information content (AvgIpc) is 2.38. The highest BCUT2D eigenvalue weighted by atomic mass is 35.5. The molecule has 0 aromatic heterocycles. The number of hydrogen-bond acceptors (Lipinski definition) is 3. The fourth-order valence-electron chi connectivity index (χ4n) is 2.55. The number of carbonyl (C=O) groups excluding carboxylic acids is 1. The predicted octanol–water partition coefficient (Wildman–Crippen LogP) is 1.67. The van der Waals surface area contributed by atoms with Gasteiger partial charge in [0.1, 0.15) is 0 Å². The second kappa shape index (κ2) is 9.97. The van der Waals surface area contributed by atoms with Gasteiger partial charge < -0.3 is 10.6 Å². The molecule has 0 aromatic rings. The van der Waals surface area contributed by atoms with Crippen LogP contribution in [0.5, 0.6) is 0 Å². The van der Waals surface area contributed by atoms with Crippen molar-refractivity contribution >= 4 is 18.3 Å². The minimum absolute atomic E-state index is 0. The SMILES string of the molecule is C=CCN(CC=C)C(=O)CN1CCCC(C(C)N)C1.Cl. The van der Waals surface area contributed by atoms with Crippen LogP contribution >= 0.6 is 12.4 Å². The van der Waals surface area contributed by atoms with Crippen molar-refractivity contribution in [1.82, 2.24) is 9.80 Å². The summed E-state index contributed by atoms with van der Waals surface area (Å²) in [4.78, 5) is 16.2. The van der Waals surface area contributed by atoms with Gasteiger partial charge in [-0.1, -0.05) is 12.2 Å². The lowest BCUT2D eigenvalue weighted by molar-refractivity contribution is -0.131. The zero-order valence-corrected chi connectivity index (χ0v) is 13.3. The lowest BCUT2D eigenvalue weighted by Crippen LogP contribution is -2.47. The number of hydrogen-bond donors (Lipinski definition) is 1. The summed E-state index contributed by atoms with van der Waals surface area (Å²) in [5.74, 6) is 0.652. The average molecular weight is 302 g/mol. The highest BCUT2D eigenvalue weighted by Crippen LogP contribution is 2.18. The van der Waals surface area contributed by atoms with E-state index in [4.69, 9.17) is 5.73 Å². The molecule has 1 rings (SSSR count). The molecule has 4 nitrogen and oxygen atoms in total. The molecule has 5 heteroatoms. The molecule has 1 aliphatic rings. The highest BCUT2D eigenvalue weighted by Gasteiger charge is 2.25. The Morgan fingerprint density at radius 3 is 2.55 bits per heavy atom. The maximum absolute atomic E-state index is 12.2. The summed E-state index contributed by atoms with van der Waals surface area (Å²) in [5.41, 5.74) is 5.97. The summed E-state index contributed by atoms with van der Waals surface area (Å²) in [6, 6.07) is 0.204. The molecular formula is C15H28ClN3O. The molecule has 0 radical (unpaired) electrons. The van der Waals surface area contributed by atoms with Crippen LogP contribution in [0.3, 0.4) is 0 Å². The Morgan fingerprint density at radius 1 is 1.45 bits per heavy atom. The Morgan fingerprint density at radius 2 is 2.05 bits per heavy atom. The first-order valence-corrected chi connectivity index (χ1v) is 7.06. The Bertz CT molecular complexity index is 310. The molecule has 0 bridgehead atoms. The van der Waals surface area contributed by atoms with Gasteiger partial charge in [0.15, 0.2) is 0 Å². The van der Waals surface area contributed by atoms with Crippen LogP contribution in [-0.2, 0) is 4.79 Å². The van der Waals surface area contributed by atoms with Crippen molar-refractivity contribution in [3.63, 3.8) is 0 Å². The van der Waals surface area contributed by atoms with Crippen molar-refractivity contribution in [2.45, 2.75) is 25.8 Å². The van der Waals surface area contributed by atoms with E-state index in [0.29, 0.717) is 25.6 Å². The number of nitrogens with zero attached hydrogens (tertiary/aromatic N) is 2. The Hall–Kier alpha value is -0.840. The fraction of sp³-hybridized carbons (Fsp3) is 0.667. The number of rotatable bonds is 7. The first kappa shape index (κ1) is 19.2. The molecule has 1 heterocycles. The third-order valence-corrected chi connectivity index (χ3v) is 3.70. The first-order valence-electron chi connectivity index (χ1n) is 7.06. The van der Waals surface area contributed by atoms with Gasteiger partial charge in [-0.3, -0.25) is 9.69 Å². The van der Waals surface area contributed by atoms with E-state index >= 15 is 0 Å². The van der Waals surface area contributed by atoms with Gasteiger partial charge in [0.05, 0.1) is 6.54 Å². The molecule has 0 saturated carbocycles. The second-order valence-corrected chi connectivity index (χ2v) is 5.37. The smallest absolute Gasteiger partial charge is 0.237 e. The van der Waals surface area contributed by atoms with Crippen molar-refractivity contribution in [3.05, 3.63) is 25.3 Å². The molecule has 1 amide bonds. The maximum Gasteiger partial charge on any atom is 0.237 e.